The Labute approximate surface area is 126 Å². The maximum Gasteiger partial charge on any atom is 0.475 e. The zero-order valence-electron chi connectivity index (χ0n) is 10.6. The van der Waals surface area contributed by atoms with Crippen LogP contribution < -0.4 is 0 Å². The molecule has 0 aliphatic rings. The van der Waals surface area contributed by atoms with Crippen molar-refractivity contribution >= 4 is 36.0 Å². The van der Waals surface area contributed by atoms with Gasteiger partial charge in [-0.25, -0.2) is 4.57 Å². The summed E-state index contributed by atoms with van der Waals surface area (Å²) in [5.41, 5.74) is 0.527. The molecule has 0 bridgehead atoms. The molecule has 1 aromatic rings. The molecule has 1 rings (SSSR count). The fraction of sp³-hybridized carbons (Fsp3) is 0.250. The third kappa shape index (κ3) is 5.32. The Balaban J connectivity index is 2.72. The van der Waals surface area contributed by atoms with Gasteiger partial charge in [0.15, 0.2) is 0 Å². The maximum absolute atomic E-state index is 12.2. The van der Waals surface area contributed by atoms with Gasteiger partial charge in [0.25, 0.3) is 5.24 Å². The van der Waals surface area contributed by atoms with Crippen LogP contribution in [0, 0.1) is 0 Å². The summed E-state index contributed by atoms with van der Waals surface area (Å²) in [5.74, 6) is 0. The molecule has 0 saturated carbocycles. The number of carbonyl (C=O) groups is 1. The highest BCUT2D eigenvalue weighted by Crippen LogP contribution is 2.50. The summed E-state index contributed by atoms with van der Waals surface area (Å²) in [6, 6.07) is 1.66. The molecule has 0 saturated heterocycles. The van der Waals surface area contributed by atoms with Gasteiger partial charge in [-0.2, -0.15) is 0 Å². The summed E-state index contributed by atoms with van der Waals surface area (Å²) in [7, 11) is -3.74. The fourth-order valence-electron chi connectivity index (χ4n) is 1.17. The molecule has 0 fully saturated rings. The highest BCUT2D eigenvalue weighted by molar-refractivity contribution is 7.48. The van der Waals surface area contributed by atoms with E-state index in [2.05, 4.69) is 13.2 Å². The second-order valence-corrected chi connectivity index (χ2v) is 6.37. The molecular formula is C12H14ClO5PS. The molecule has 8 heteroatoms. The Kier molecular flexibility index (Phi) is 7.37. The first kappa shape index (κ1) is 17.3. The Hall–Kier alpha value is -0.750. The molecule has 0 atom stereocenters. The van der Waals surface area contributed by atoms with E-state index >= 15 is 0 Å². The van der Waals surface area contributed by atoms with Crippen LogP contribution in [0.1, 0.15) is 15.2 Å². The largest absolute Gasteiger partial charge is 0.475 e. The van der Waals surface area contributed by atoms with Gasteiger partial charge in [0, 0.05) is 5.56 Å². The van der Waals surface area contributed by atoms with E-state index in [1.54, 1.807) is 11.4 Å². The van der Waals surface area contributed by atoms with Crippen LogP contribution in [0.3, 0.4) is 0 Å². The average molecular weight is 337 g/mol. The van der Waals surface area contributed by atoms with Crippen LogP contribution in [-0.4, -0.2) is 18.5 Å². The summed E-state index contributed by atoms with van der Waals surface area (Å²) in [6.07, 6.45) is 2.84. The molecule has 0 radical (unpaired) electrons. The van der Waals surface area contributed by atoms with Crippen molar-refractivity contribution in [3.05, 3.63) is 47.2 Å². The van der Waals surface area contributed by atoms with Crippen molar-refractivity contribution in [3.63, 3.8) is 0 Å². The van der Waals surface area contributed by atoms with Gasteiger partial charge in [-0.05, 0) is 23.0 Å². The summed E-state index contributed by atoms with van der Waals surface area (Å²) < 4.78 is 27.4. The predicted octanol–water partition coefficient (Wildman–Crippen LogP) is 4.16. The minimum atomic E-state index is -3.74. The monoisotopic (exact) mass is 336 g/mol. The SMILES string of the molecule is C=CCOP(=O)(OCC=C)OCc1ccsc1C(=O)Cl. The van der Waals surface area contributed by atoms with Crippen LogP contribution in [0.4, 0.5) is 0 Å². The number of phosphoric acid groups is 1. The number of halogens is 1. The summed E-state index contributed by atoms with van der Waals surface area (Å²) >= 11 is 6.60. The predicted molar refractivity (Wildman–Crippen MR) is 79.2 cm³/mol. The van der Waals surface area contributed by atoms with E-state index < -0.39 is 13.1 Å². The van der Waals surface area contributed by atoms with E-state index in [0.717, 1.165) is 0 Å². The Morgan fingerprint density at radius 2 is 1.90 bits per heavy atom. The fourth-order valence-corrected chi connectivity index (χ4v) is 3.26. The number of hydrogen-bond donors (Lipinski definition) is 0. The lowest BCUT2D eigenvalue weighted by Crippen LogP contribution is -2.02. The van der Waals surface area contributed by atoms with Crippen molar-refractivity contribution in [2.24, 2.45) is 0 Å². The van der Waals surface area contributed by atoms with E-state index in [-0.39, 0.29) is 19.8 Å². The Morgan fingerprint density at radius 1 is 1.30 bits per heavy atom. The number of carbonyl (C=O) groups excluding carboxylic acids is 1. The summed E-state index contributed by atoms with van der Waals surface area (Å²) in [6.45, 7) is 6.83. The average Bonchev–Trinajstić information content (AvgIpc) is 2.90. The molecule has 0 N–H and O–H groups in total. The van der Waals surface area contributed by atoms with Crippen molar-refractivity contribution < 1.29 is 22.9 Å². The third-order valence-electron chi connectivity index (χ3n) is 2.00. The van der Waals surface area contributed by atoms with Crippen molar-refractivity contribution in [2.45, 2.75) is 6.61 Å². The molecule has 0 unspecified atom stereocenters. The van der Waals surface area contributed by atoms with Gasteiger partial charge in [-0.3, -0.25) is 18.4 Å². The van der Waals surface area contributed by atoms with Gasteiger partial charge >= 0.3 is 7.82 Å². The smallest absolute Gasteiger partial charge is 0.283 e. The molecule has 20 heavy (non-hydrogen) atoms. The molecule has 0 spiro atoms. The maximum atomic E-state index is 12.2. The Morgan fingerprint density at radius 3 is 2.40 bits per heavy atom. The molecule has 0 amide bonds. The zero-order chi connectivity index (χ0) is 15.0. The van der Waals surface area contributed by atoms with Crippen molar-refractivity contribution in [1.82, 2.24) is 0 Å². The van der Waals surface area contributed by atoms with Gasteiger partial charge in [-0.1, -0.05) is 12.2 Å². The third-order valence-corrected chi connectivity index (χ3v) is 4.64. The van der Waals surface area contributed by atoms with Crippen molar-refractivity contribution in [1.29, 1.82) is 0 Å². The van der Waals surface area contributed by atoms with Gasteiger partial charge < -0.3 is 0 Å². The first-order valence-electron chi connectivity index (χ1n) is 5.54. The molecular weight excluding hydrogens is 323 g/mol. The lowest BCUT2D eigenvalue weighted by molar-refractivity contribution is 0.107. The number of thiophene rings is 1. The van der Waals surface area contributed by atoms with Crippen LogP contribution in [0.5, 0.6) is 0 Å². The quantitative estimate of drug-likeness (QED) is 0.365. The van der Waals surface area contributed by atoms with E-state index in [1.165, 1.54) is 23.5 Å². The molecule has 1 aromatic heterocycles. The van der Waals surface area contributed by atoms with Crippen LogP contribution in [0.2, 0.25) is 0 Å². The lowest BCUT2D eigenvalue weighted by Gasteiger charge is -2.16. The number of phosphoric ester groups is 1. The minimum Gasteiger partial charge on any atom is -0.283 e. The standard InChI is InChI=1S/C12H14ClO5PS/c1-3-6-16-19(15,17-7-4-2)18-9-10-5-8-20-11(10)12(13)14/h3-5,8H,1-2,6-7,9H2. The van der Waals surface area contributed by atoms with Crippen molar-refractivity contribution in [3.8, 4) is 0 Å². The van der Waals surface area contributed by atoms with E-state index in [0.29, 0.717) is 10.4 Å². The van der Waals surface area contributed by atoms with Crippen LogP contribution in [0.15, 0.2) is 36.8 Å². The van der Waals surface area contributed by atoms with Crippen molar-refractivity contribution in [2.75, 3.05) is 13.2 Å². The summed E-state index contributed by atoms with van der Waals surface area (Å²) in [4.78, 5) is 11.5. The topological polar surface area (TPSA) is 61.8 Å². The van der Waals surface area contributed by atoms with Crippen LogP contribution in [0.25, 0.3) is 0 Å². The zero-order valence-corrected chi connectivity index (χ0v) is 13.1. The van der Waals surface area contributed by atoms with Gasteiger partial charge in [0.05, 0.1) is 24.7 Å². The highest BCUT2D eigenvalue weighted by Gasteiger charge is 2.26. The normalized spacial score (nSPS) is 11.2. The lowest BCUT2D eigenvalue weighted by atomic mass is 10.3. The molecule has 0 aromatic carbocycles. The van der Waals surface area contributed by atoms with Gasteiger partial charge in [-0.15, -0.1) is 24.5 Å². The molecule has 110 valence electrons. The highest BCUT2D eigenvalue weighted by atomic mass is 35.5. The molecule has 0 aliphatic carbocycles. The minimum absolute atomic E-state index is 0.0132. The number of rotatable bonds is 10. The second-order valence-electron chi connectivity index (χ2n) is 3.44. The first-order chi connectivity index (χ1) is 9.52. The molecule has 5 nitrogen and oxygen atoms in total. The Bertz CT molecular complexity index is 512. The first-order valence-corrected chi connectivity index (χ1v) is 8.26. The molecule has 1 heterocycles. The van der Waals surface area contributed by atoms with Gasteiger partial charge in [0.1, 0.15) is 0 Å². The summed E-state index contributed by atoms with van der Waals surface area (Å²) in [5, 5.41) is 1.10. The van der Waals surface area contributed by atoms with Crippen LogP contribution >= 0.6 is 30.8 Å². The number of hydrogen-bond acceptors (Lipinski definition) is 6. The van der Waals surface area contributed by atoms with E-state index in [9.17, 15) is 9.36 Å². The van der Waals surface area contributed by atoms with Gasteiger partial charge in [0.2, 0.25) is 0 Å². The van der Waals surface area contributed by atoms with Crippen LogP contribution in [-0.2, 0) is 24.7 Å². The van der Waals surface area contributed by atoms with E-state index in [4.69, 9.17) is 25.2 Å². The molecule has 0 aliphatic heterocycles. The van der Waals surface area contributed by atoms with E-state index in [1.807, 2.05) is 0 Å². The second kappa shape index (κ2) is 8.52.